The molecule has 1 aromatic carbocycles. The number of benzene rings is 1. The zero-order chi connectivity index (χ0) is 16.1. The van der Waals surface area contributed by atoms with Crippen molar-refractivity contribution < 1.29 is 9.18 Å². The van der Waals surface area contributed by atoms with Gasteiger partial charge in [-0.3, -0.25) is 4.79 Å². The zero-order valence-electron chi connectivity index (χ0n) is 12.8. The summed E-state index contributed by atoms with van der Waals surface area (Å²) in [5.74, 6) is -0.164. The van der Waals surface area contributed by atoms with E-state index >= 15 is 0 Å². The Morgan fingerprint density at radius 3 is 2.83 bits per heavy atom. The Morgan fingerprint density at radius 2 is 2.17 bits per heavy atom. The first-order valence-corrected chi connectivity index (χ1v) is 7.30. The molecule has 0 saturated carbocycles. The highest BCUT2D eigenvalue weighted by molar-refractivity contribution is 6.30. The fraction of sp³-hybridized carbons (Fsp3) is 0.333. The Hall–Kier alpha value is -1.63. The van der Waals surface area contributed by atoms with Gasteiger partial charge in [-0.2, -0.15) is 5.10 Å². The van der Waals surface area contributed by atoms with Crippen molar-refractivity contribution in [2.45, 2.75) is 13.5 Å². The van der Waals surface area contributed by atoms with Crippen LogP contribution in [0.3, 0.4) is 0 Å². The number of halogens is 3. The Labute approximate surface area is 145 Å². The molecule has 23 heavy (non-hydrogen) atoms. The number of carbonyl (C=O) groups excluding carboxylic acids is 1. The Kier molecular flexibility index (Phi) is 7.48. The summed E-state index contributed by atoms with van der Waals surface area (Å²) in [6, 6.07) is 6.29. The van der Waals surface area contributed by atoms with Crippen LogP contribution in [0.15, 0.2) is 30.5 Å². The van der Waals surface area contributed by atoms with Gasteiger partial charge in [0, 0.05) is 18.5 Å². The van der Waals surface area contributed by atoms with Gasteiger partial charge in [-0.25, -0.2) is 9.07 Å². The Balaban J connectivity index is 0.00000264. The van der Waals surface area contributed by atoms with Crippen LogP contribution in [0, 0.1) is 11.7 Å². The van der Waals surface area contributed by atoms with E-state index in [9.17, 15) is 9.18 Å². The number of anilines is 1. The number of nitrogens with one attached hydrogen (secondary N) is 2. The summed E-state index contributed by atoms with van der Waals surface area (Å²) in [6.07, 6.45) is 1.59. The van der Waals surface area contributed by atoms with Gasteiger partial charge in [-0.15, -0.1) is 12.4 Å². The molecule has 0 aliphatic heterocycles. The fourth-order valence-electron chi connectivity index (χ4n) is 2.02. The van der Waals surface area contributed by atoms with Crippen molar-refractivity contribution in [2.75, 3.05) is 18.9 Å². The first-order chi connectivity index (χ1) is 10.5. The molecule has 0 aliphatic rings. The second-order valence-electron chi connectivity index (χ2n) is 5.07. The molecule has 126 valence electrons. The van der Waals surface area contributed by atoms with Gasteiger partial charge in [-0.1, -0.05) is 24.6 Å². The Bertz CT molecular complexity index is 663. The van der Waals surface area contributed by atoms with E-state index in [-0.39, 0.29) is 29.3 Å². The fourth-order valence-corrected chi connectivity index (χ4v) is 2.14. The van der Waals surface area contributed by atoms with E-state index in [1.807, 2.05) is 6.92 Å². The van der Waals surface area contributed by atoms with E-state index in [1.54, 1.807) is 30.1 Å². The maximum Gasteiger partial charge on any atom is 0.229 e. The Morgan fingerprint density at radius 1 is 1.43 bits per heavy atom. The van der Waals surface area contributed by atoms with E-state index in [4.69, 9.17) is 11.6 Å². The first-order valence-electron chi connectivity index (χ1n) is 6.92. The molecule has 0 fully saturated rings. The first kappa shape index (κ1) is 19.4. The van der Waals surface area contributed by atoms with E-state index in [1.165, 1.54) is 12.1 Å². The van der Waals surface area contributed by atoms with Crippen LogP contribution >= 0.6 is 24.0 Å². The van der Waals surface area contributed by atoms with Crippen molar-refractivity contribution in [2.24, 2.45) is 5.92 Å². The van der Waals surface area contributed by atoms with Gasteiger partial charge in [0.25, 0.3) is 0 Å². The summed E-state index contributed by atoms with van der Waals surface area (Å²) in [5, 5.41) is 10.0. The van der Waals surface area contributed by atoms with Gasteiger partial charge in [-0.05, 0) is 24.7 Å². The summed E-state index contributed by atoms with van der Waals surface area (Å²) in [4.78, 5) is 12.0. The summed E-state index contributed by atoms with van der Waals surface area (Å²) < 4.78 is 15.1. The molecule has 1 unspecified atom stereocenters. The predicted molar refractivity (Wildman–Crippen MR) is 91.7 cm³/mol. The zero-order valence-corrected chi connectivity index (χ0v) is 14.4. The molecule has 2 rings (SSSR count). The van der Waals surface area contributed by atoms with Gasteiger partial charge in [0.05, 0.1) is 17.8 Å². The quantitative estimate of drug-likeness (QED) is 0.832. The lowest BCUT2D eigenvalue weighted by Crippen LogP contribution is -2.29. The maximum atomic E-state index is 13.5. The smallest absolute Gasteiger partial charge is 0.229 e. The van der Waals surface area contributed by atoms with Crippen LogP contribution in [0.4, 0.5) is 10.2 Å². The lowest BCUT2D eigenvalue weighted by Gasteiger charge is -2.13. The SMILES string of the molecule is CNCC(C)C(=O)Nc1ccnn1Cc1ccc(Cl)c(F)c1.Cl. The van der Waals surface area contributed by atoms with E-state index in [2.05, 4.69) is 15.7 Å². The van der Waals surface area contributed by atoms with Gasteiger partial charge < -0.3 is 10.6 Å². The molecule has 1 heterocycles. The largest absolute Gasteiger partial charge is 0.319 e. The minimum Gasteiger partial charge on any atom is -0.319 e. The van der Waals surface area contributed by atoms with Gasteiger partial charge in [0.2, 0.25) is 5.91 Å². The van der Waals surface area contributed by atoms with Crippen molar-refractivity contribution >= 4 is 35.7 Å². The van der Waals surface area contributed by atoms with Crippen molar-refractivity contribution in [3.8, 4) is 0 Å². The molecule has 0 radical (unpaired) electrons. The molecule has 0 saturated heterocycles. The molecule has 0 bridgehead atoms. The van der Waals surface area contributed by atoms with Crippen LogP contribution < -0.4 is 10.6 Å². The summed E-state index contributed by atoms with van der Waals surface area (Å²) >= 11 is 5.67. The van der Waals surface area contributed by atoms with Crippen molar-refractivity contribution in [1.82, 2.24) is 15.1 Å². The minimum absolute atomic E-state index is 0. The van der Waals surface area contributed by atoms with E-state index in [0.717, 1.165) is 0 Å². The van der Waals surface area contributed by atoms with Crippen LogP contribution in [0.2, 0.25) is 5.02 Å². The molecule has 0 aliphatic carbocycles. The van der Waals surface area contributed by atoms with Crippen LogP contribution in [-0.2, 0) is 11.3 Å². The average molecular weight is 361 g/mol. The van der Waals surface area contributed by atoms with Crippen LogP contribution in [0.1, 0.15) is 12.5 Å². The number of carbonyl (C=O) groups is 1. The molecular weight excluding hydrogens is 342 g/mol. The van der Waals surface area contributed by atoms with Gasteiger partial charge >= 0.3 is 0 Å². The summed E-state index contributed by atoms with van der Waals surface area (Å²) in [5.41, 5.74) is 0.712. The van der Waals surface area contributed by atoms with Gasteiger partial charge in [0.15, 0.2) is 0 Å². The lowest BCUT2D eigenvalue weighted by molar-refractivity contribution is -0.119. The monoisotopic (exact) mass is 360 g/mol. The van der Waals surface area contributed by atoms with E-state index < -0.39 is 5.82 Å². The molecule has 1 amide bonds. The number of hydrogen-bond acceptors (Lipinski definition) is 3. The highest BCUT2D eigenvalue weighted by Crippen LogP contribution is 2.17. The topological polar surface area (TPSA) is 59.0 Å². The molecule has 8 heteroatoms. The third kappa shape index (κ3) is 5.20. The number of rotatable bonds is 6. The predicted octanol–water partition coefficient (Wildman–Crippen LogP) is 2.94. The molecule has 2 aromatic rings. The van der Waals surface area contributed by atoms with Crippen molar-refractivity contribution in [3.05, 3.63) is 46.9 Å². The molecule has 1 atom stereocenters. The number of hydrogen-bond donors (Lipinski definition) is 2. The third-order valence-corrected chi connectivity index (χ3v) is 3.55. The third-order valence-electron chi connectivity index (χ3n) is 3.24. The number of aromatic nitrogens is 2. The summed E-state index contributed by atoms with van der Waals surface area (Å²) in [6.45, 7) is 2.76. The average Bonchev–Trinajstić information content (AvgIpc) is 2.90. The van der Waals surface area contributed by atoms with Gasteiger partial charge in [0.1, 0.15) is 11.6 Å². The van der Waals surface area contributed by atoms with Crippen LogP contribution in [0.25, 0.3) is 0 Å². The molecule has 2 N–H and O–H groups in total. The standard InChI is InChI=1S/C15H18ClFN4O.ClH/c1-10(8-18-2)15(22)20-14-5-6-19-21(14)9-11-3-4-12(16)13(17)7-11;/h3-7,10,18H,8-9H2,1-2H3,(H,20,22);1H. The number of nitrogens with zero attached hydrogens (tertiary/aromatic N) is 2. The molecule has 1 aromatic heterocycles. The second-order valence-corrected chi connectivity index (χ2v) is 5.48. The molecule has 0 spiro atoms. The van der Waals surface area contributed by atoms with Crippen LogP contribution in [0.5, 0.6) is 0 Å². The lowest BCUT2D eigenvalue weighted by atomic mass is 10.1. The normalized spacial score (nSPS) is 11.7. The minimum atomic E-state index is -0.473. The number of amides is 1. The molecule has 5 nitrogen and oxygen atoms in total. The van der Waals surface area contributed by atoms with Crippen molar-refractivity contribution in [1.29, 1.82) is 0 Å². The molecular formula is C15H19Cl2FN4O. The van der Waals surface area contributed by atoms with Crippen molar-refractivity contribution in [3.63, 3.8) is 0 Å². The highest BCUT2D eigenvalue weighted by Gasteiger charge is 2.14. The maximum absolute atomic E-state index is 13.5. The van der Waals surface area contributed by atoms with E-state index in [0.29, 0.717) is 24.5 Å². The highest BCUT2D eigenvalue weighted by atomic mass is 35.5. The summed E-state index contributed by atoms with van der Waals surface area (Å²) in [7, 11) is 1.79. The second kappa shape index (κ2) is 8.86. The van der Waals surface area contributed by atoms with Crippen LogP contribution in [-0.4, -0.2) is 29.3 Å².